The lowest BCUT2D eigenvalue weighted by atomic mass is 10.2. The Morgan fingerprint density at radius 3 is 2.83 bits per heavy atom. The minimum atomic E-state index is -0.573. The zero-order chi connectivity index (χ0) is 13.1. The van der Waals surface area contributed by atoms with Crippen LogP contribution in [0.3, 0.4) is 0 Å². The predicted molar refractivity (Wildman–Crippen MR) is 71.0 cm³/mol. The van der Waals surface area contributed by atoms with Gasteiger partial charge in [0.15, 0.2) is 0 Å². The summed E-state index contributed by atoms with van der Waals surface area (Å²) in [4.78, 5) is 16.0. The lowest BCUT2D eigenvalue weighted by Crippen LogP contribution is -2.15. The molecule has 1 aromatic heterocycles. The molecule has 2 aromatic rings. The van der Waals surface area contributed by atoms with Crippen molar-refractivity contribution < 1.29 is 9.18 Å². The number of aryl methyl sites for hydroxylation is 1. The lowest BCUT2D eigenvalue weighted by molar-refractivity contribution is 0.102. The first kappa shape index (κ1) is 12.7. The Kier molecular flexibility index (Phi) is 3.72. The van der Waals surface area contributed by atoms with E-state index in [1.807, 2.05) is 0 Å². The van der Waals surface area contributed by atoms with Crippen LogP contribution in [0.1, 0.15) is 16.1 Å². The number of carbonyl (C=O) groups is 1. The van der Waals surface area contributed by atoms with Crippen molar-refractivity contribution in [2.75, 3.05) is 5.32 Å². The van der Waals surface area contributed by atoms with Gasteiger partial charge in [0, 0.05) is 6.20 Å². The third-order valence-electron chi connectivity index (χ3n) is 2.45. The second kappa shape index (κ2) is 5.27. The van der Waals surface area contributed by atoms with Gasteiger partial charge in [-0.1, -0.05) is 6.07 Å². The Morgan fingerprint density at radius 2 is 2.11 bits per heavy atom. The molecule has 2 rings (SSSR count). The molecule has 1 amide bonds. The van der Waals surface area contributed by atoms with E-state index >= 15 is 0 Å². The standard InChI is InChI=1S/C13H10BrFN2O/c1-8-11(6-3-7-16-8)17-13(18)9-4-2-5-10(14)12(9)15/h2-7H,1H3,(H,17,18). The number of carbonyl (C=O) groups excluding carboxylic acids is 1. The van der Waals surface area contributed by atoms with Crippen LogP contribution in [0, 0.1) is 12.7 Å². The number of nitrogens with one attached hydrogen (secondary N) is 1. The summed E-state index contributed by atoms with van der Waals surface area (Å²) in [7, 11) is 0. The molecule has 1 aromatic carbocycles. The van der Waals surface area contributed by atoms with Crippen molar-refractivity contribution in [1.82, 2.24) is 4.98 Å². The van der Waals surface area contributed by atoms with Gasteiger partial charge in [-0.15, -0.1) is 0 Å². The van der Waals surface area contributed by atoms with Crippen molar-refractivity contribution in [3.63, 3.8) is 0 Å². The number of anilines is 1. The smallest absolute Gasteiger partial charge is 0.258 e. The van der Waals surface area contributed by atoms with E-state index in [-0.39, 0.29) is 10.0 Å². The molecule has 5 heteroatoms. The molecule has 0 aliphatic carbocycles. The largest absolute Gasteiger partial charge is 0.320 e. The molecule has 18 heavy (non-hydrogen) atoms. The quantitative estimate of drug-likeness (QED) is 0.922. The zero-order valence-electron chi connectivity index (χ0n) is 9.58. The molecule has 0 spiro atoms. The Labute approximate surface area is 112 Å². The predicted octanol–water partition coefficient (Wildman–Crippen LogP) is 3.54. The van der Waals surface area contributed by atoms with Crippen LogP contribution in [0.25, 0.3) is 0 Å². The number of amides is 1. The van der Waals surface area contributed by atoms with E-state index in [1.54, 1.807) is 37.4 Å². The number of hydrogen-bond acceptors (Lipinski definition) is 2. The molecule has 92 valence electrons. The van der Waals surface area contributed by atoms with Gasteiger partial charge >= 0.3 is 0 Å². The number of hydrogen-bond donors (Lipinski definition) is 1. The molecular weight excluding hydrogens is 299 g/mol. The molecule has 1 heterocycles. The Bertz CT molecular complexity index is 601. The third-order valence-corrected chi connectivity index (χ3v) is 3.06. The van der Waals surface area contributed by atoms with Gasteiger partial charge in [-0.2, -0.15) is 0 Å². The summed E-state index contributed by atoms with van der Waals surface area (Å²) < 4.78 is 14.0. The van der Waals surface area contributed by atoms with Gasteiger partial charge in [0.25, 0.3) is 5.91 Å². The van der Waals surface area contributed by atoms with E-state index in [0.717, 1.165) is 0 Å². The van der Waals surface area contributed by atoms with E-state index in [2.05, 4.69) is 26.2 Å². The second-order valence-corrected chi connectivity index (χ2v) is 4.55. The highest BCUT2D eigenvalue weighted by Crippen LogP contribution is 2.20. The molecule has 0 bridgehead atoms. The molecule has 3 nitrogen and oxygen atoms in total. The van der Waals surface area contributed by atoms with Crippen molar-refractivity contribution in [3.8, 4) is 0 Å². The highest BCUT2D eigenvalue weighted by atomic mass is 79.9. The van der Waals surface area contributed by atoms with Gasteiger partial charge in [0.2, 0.25) is 0 Å². The van der Waals surface area contributed by atoms with Crippen molar-refractivity contribution in [2.45, 2.75) is 6.92 Å². The van der Waals surface area contributed by atoms with Crippen LogP contribution >= 0.6 is 15.9 Å². The van der Waals surface area contributed by atoms with Gasteiger partial charge in [-0.25, -0.2) is 4.39 Å². The number of halogens is 2. The van der Waals surface area contributed by atoms with Gasteiger partial charge in [0.05, 0.1) is 21.4 Å². The maximum absolute atomic E-state index is 13.7. The summed E-state index contributed by atoms with van der Waals surface area (Å²) in [6.45, 7) is 1.77. The summed E-state index contributed by atoms with van der Waals surface area (Å²) in [5, 5.41) is 2.63. The van der Waals surface area contributed by atoms with Gasteiger partial charge in [-0.3, -0.25) is 9.78 Å². The summed E-state index contributed by atoms with van der Waals surface area (Å²) >= 11 is 3.05. The van der Waals surface area contributed by atoms with E-state index in [1.165, 1.54) is 6.07 Å². The fourth-order valence-corrected chi connectivity index (χ4v) is 1.85. The van der Waals surface area contributed by atoms with E-state index in [9.17, 15) is 9.18 Å². The lowest BCUT2D eigenvalue weighted by Gasteiger charge is -2.08. The monoisotopic (exact) mass is 308 g/mol. The van der Waals surface area contributed by atoms with Crippen LogP contribution < -0.4 is 5.32 Å². The highest BCUT2D eigenvalue weighted by Gasteiger charge is 2.14. The van der Waals surface area contributed by atoms with Crippen LogP contribution in [-0.2, 0) is 0 Å². The van der Waals surface area contributed by atoms with Crippen LogP contribution in [0.15, 0.2) is 41.0 Å². The normalized spacial score (nSPS) is 10.2. The SMILES string of the molecule is Cc1ncccc1NC(=O)c1cccc(Br)c1F. The second-order valence-electron chi connectivity index (χ2n) is 3.69. The molecule has 0 radical (unpaired) electrons. The molecule has 0 aliphatic rings. The topological polar surface area (TPSA) is 42.0 Å². The number of nitrogens with zero attached hydrogens (tertiary/aromatic N) is 1. The third kappa shape index (κ3) is 2.56. The van der Waals surface area contributed by atoms with Crippen LogP contribution in [0.2, 0.25) is 0 Å². The maximum atomic E-state index is 13.7. The Hall–Kier alpha value is -1.75. The fourth-order valence-electron chi connectivity index (χ4n) is 1.49. The first-order valence-corrected chi connectivity index (χ1v) is 6.06. The summed E-state index contributed by atoms with van der Waals surface area (Å²) in [6.07, 6.45) is 1.63. The summed E-state index contributed by atoms with van der Waals surface area (Å²) in [5.41, 5.74) is 1.25. The minimum Gasteiger partial charge on any atom is -0.320 e. The van der Waals surface area contributed by atoms with Crippen molar-refractivity contribution in [2.24, 2.45) is 0 Å². The van der Waals surface area contributed by atoms with Gasteiger partial charge < -0.3 is 5.32 Å². The molecule has 0 saturated carbocycles. The molecule has 0 fully saturated rings. The molecule has 0 aliphatic heterocycles. The highest BCUT2D eigenvalue weighted by molar-refractivity contribution is 9.10. The first-order valence-electron chi connectivity index (χ1n) is 5.26. The van der Waals surface area contributed by atoms with Crippen molar-refractivity contribution in [3.05, 3.63) is 58.1 Å². The molecule has 0 atom stereocenters. The number of benzene rings is 1. The average molecular weight is 309 g/mol. The number of pyridine rings is 1. The zero-order valence-corrected chi connectivity index (χ0v) is 11.2. The van der Waals surface area contributed by atoms with Crippen LogP contribution in [0.5, 0.6) is 0 Å². The molecule has 0 saturated heterocycles. The Morgan fingerprint density at radius 1 is 1.33 bits per heavy atom. The average Bonchev–Trinajstić information content (AvgIpc) is 2.35. The van der Waals surface area contributed by atoms with Crippen molar-refractivity contribution >= 4 is 27.5 Å². The van der Waals surface area contributed by atoms with Crippen LogP contribution in [0.4, 0.5) is 10.1 Å². The number of aromatic nitrogens is 1. The summed E-state index contributed by atoms with van der Waals surface area (Å²) in [5.74, 6) is -1.07. The molecular formula is C13H10BrFN2O. The molecule has 1 N–H and O–H groups in total. The molecule has 0 unspecified atom stereocenters. The van der Waals surface area contributed by atoms with Crippen molar-refractivity contribution in [1.29, 1.82) is 0 Å². The van der Waals surface area contributed by atoms with Crippen LogP contribution in [-0.4, -0.2) is 10.9 Å². The number of rotatable bonds is 2. The first-order chi connectivity index (χ1) is 8.59. The maximum Gasteiger partial charge on any atom is 0.258 e. The van der Waals surface area contributed by atoms with E-state index in [0.29, 0.717) is 11.4 Å². The van der Waals surface area contributed by atoms with Gasteiger partial charge in [-0.05, 0) is 47.1 Å². The summed E-state index contributed by atoms with van der Waals surface area (Å²) in [6, 6.07) is 8.01. The van der Waals surface area contributed by atoms with E-state index in [4.69, 9.17) is 0 Å². The Balaban J connectivity index is 2.28. The van der Waals surface area contributed by atoms with E-state index < -0.39 is 11.7 Å². The minimum absolute atomic E-state index is 0.00683. The fraction of sp³-hybridized carbons (Fsp3) is 0.0769. The van der Waals surface area contributed by atoms with Gasteiger partial charge in [0.1, 0.15) is 5.82 Å².